The number of hydrogen-bond acceptors (Lipinski definition) is 5. The number of nitrogens with one attached hydrogen (secondary N) is 1. The zero-order chi connectivity index (χ0) is 23.8. The molecule has 1 N–H and O–H groups in total. The van der Waals surface area contributed by atoms with Crippen molar-refractivity contribution in [2.24, 2.45) is 5.92 Å². The Morgan fingerprint density at radius 1 is 1.12 bits per heavy atom. The fourth-order valence-corrected chi connectivity index (χ4v) is 4.22. The van der Waals surface area contributed by atoms with Gasteiger partial charge in [0.25, 0.3) is 0 Å². The van der Waals surface area contributed by atoms with Gasteiger partial charge in [-0.3, -0.25) is 14.7 Å². The largest absolute Gasteiger partial charge is 0.497 e. The fourth-order valence-electron chi connectivity index (χ4n) is 4.22. The number of para-hydroxylation sites is 1. The van der Waals surface area contributed by atoms with Gasteiger partial charge in [-0.1, -0.05) is 30.3 Å². The Bertz CT molecular complexity index is 1070. The molecule has 4 rings (SSSR count). The molecule has 0 radical (unpaired) electrons. The van der Waals surface area contributed by atoms with Crippen LogP contribution in [0.1, 0.15) is 30.1 Å². The van der Waals surface area contributed by atoms with Gasteiger partial charge in [0.1, 0.15) is 12.4 Å². The molecular formula is C27H30FN3O3. The summed E-state index contributed by atoms with van der Waals surface area (Å²) in [6.07, 6.45) is 3.26. The van der Waals surface area contributed by atoms with Crippen LogP contribution in [0.2, 0.25) is 0 Å². The average Bonchev–Trinajstić information content (AvgIpc) is 2.89. The van der Waals surface area contributed by atoms with Gasteiger partial charge in [-0.25, -0.2) is 4.39 Å². The molecule has 0 saturated carbocycles. The number of pyridine rings is 1. The van der Waals surface area contributed by atoms with Crippen LogP contribution in [0.5, 0.6) is 11.5 Å². The molecule has 1 fully saturated rings. The Labute approximate surface area is 199 Å². The fraction of sp³-hybridized carbons (Fsp3) is 0.333. The topological polar surface area (TPSA) is 63.7 Å². The van der Waals surface area contributed by atoms with Gasteiger partial charge in [-0.05, 0) is 67.9 Å². The Morgan fingerprint density at radius 3 is 2.65 bits per heavy atom. The SMILES string of the molecule is COc1cccc([C@@H](NC(=O)C2CCN(CCOc3ccccc3F)CC2)c2ccccn2)c1. The number of carbonyl (C=O) groups is 1. The van der Waals surface area contributed by atoms with E-state index in [2.05, 4.69) is 15.2 Å². The number of benzene rings is 2. The molecule has 0 aliphatic carbocycles. The maximum absolute atomic E-state index is 13.7. The Balaban J connectivity index is 1.32. The second-order valence-electron chi connectivity index (χ2n) is 8.37. The molecule has 3 aromatic rings. The average molecular weight is 464 g/mol. The van der Waals surface area contributed by atoms with E-state index in [1.807, 2.05) is 42.5 Å². The number of piperidine rings is 1. The maximum Gasteiger partial charge on any atom is 0.224 e. The number of amides is 1. The minimum absolute atomic E-state index is 0.0285. The quantitative estimate of drug-likeness (QED) is 0.515. The van der Waals surface area contributed by atoms with Crippen molar-refractivity contribution in [2.75, 3.05) is 33.4 Å². The van der Waals surface area contributed by atoms with Gasteiger partial charge in [0.05, 0.1) is 18.8 Å². The van der Waals surface area contributed by atoms with Crippen molar-refractivity contribution in [3.63, 3.8) is 0 Å². The number of nitrogens with zero attached hydrogens (tertiary/aromatic N) is 2. The van der Waals surface area contributed by atoms with Gasteiger partial charge in [0.2, 0.25) is 5.91 Å². The Hall–Kier alpha value is -3.45. The Morgan fingerprint density at radius 2 is 1.91 bits per heavy atom. The standard InChI is InChI=1S/C27H30FN3O3/c1-33-22-8-6-7-21(19-22)26(24-10-4-5-14-29-24)30-27(32)20-12-15-31(16-13-20)17-18-34-25-11-3-2-9-23(25)28/h2-11,14,19-20,26H,12-13,15-18H2,1H3,(H,30,32)/t26-/m1/s1. The van der Waals surface area contributed by atoms with E-state index in [1.165, 1.54) is 6.07 Å². The van der Waals surface area contributed by atoms with Crippen LogP contribution in [0.3, 0.4) is 0 Å². The zero-order valence-electron chi connectivity index (χ0n) is 19.3. The Kier molecular flexibility index (Phi) is 8.09. The van der Waals surface area contributed by atoms with Crippen LogP contribution in [0.15, 0.2) is 72.9 Å². The third kappa shape index (κ3) is 6.11. The molecule has 1 atom stereocenters. The summed E-state index contributed by atoms with van der Waals surface area (Å²) in [4.78, 5) is 19.9. The third-order valence-electron chi connectivity index (χ3n) is 6.16. The van der Waals surface area contributed by atoms with Gasteiger partial charge in [-0.15, -0.1) is 0 Å². The summed E-state index contributed by atoms with van der Waals surface area (Å²) in [6, 6.07) is 19.5. The number of likely N-dealkylation sites (tertiary alicyclic amines) is 1. The molecule has 0 spiro atoms. The van der Waals surface area contributed by atoms with E-state index in [1.54, 1.807) is 31.5 Å². The second-order valence-corrected chi connectivity index (χ2v) is 8.37. The van der Waals surface area contributed by atoms with Crippen molar-refractivity contribution in [2.45, 2.75) is 18.9 Å². The van der Waals surface area contributed by atoms with Crippen molar-refractivity contribution < 1.29 is 18.7 Å². The predicted octanol–water partition coefficient (Wildman–Crippen LogP) is 4.23. The van der Waals surface area contributed by atoms with Crippen LogP contribution < -0.4 is 14.8 Å². The van der Waals surface area contributed by atoms with Gasteiger partial charge < -0.3 is 14.8 Å². The number of halogens is 1. The summed E-state index contributed by atoms with van der Waals surface area (Å²) in [6.45, 7) is 2.71. The molecule has 0 bridgehead atoms. The minimum atomic E-state index is -0.351. The summed E-state index contributed by atoms with van der Waals surface area (Å²) in [5.41, 5.74) is 1.71. The molecule has 6 nitrogen and oxygen atoms in total. The van der Waals surface area contributed by atoms with Crippen LogP contribution >= 0.6 is 0 Å². The molecule has 1 aromatic heterocycles. The van der Waals surface area contributed by atoms with E-state index in [4.69, 9.17) is 9.47 Å². The smallest absolute Gasteiger partial charge is 0.224 e. The van der Waals surface area contributed by atoms with Gasteiger partial charge in [0.15, 0.2) is 11.6 Å². The first-order valence-corrected chi connectivity index (χ1v) is 11.6. The van der Waals surface area contributed by atoms with Crippen LogP contribution in [-0.2, 0) is 4.79 Å². The molecule has 1 amide bonds. The highest BCUT2D eigenvalue weighted by atomic mass is 19.1. The molecule has 0 unspecified atom stereocenters. The highest BCUT2D eigenvalue weighted by Crippen LogP contribution is 2.26. The predicted molar refractivity (Wildman–Crippen MR) is 128 cm³/mol. The molecular weight excluding hydrogens is 433 g/mol. The first kappa shape index (κ1) is 23.7. The van der Waals surface area contributed by atoms with Crippen LogP contribution in [0.4, 0.5) is 4.39 Å². The lowest BCUT2D eigenvalue weighted by molar-refractivity contribution is -0.127. The number of methoxy groups -OCH3 is 1. The van der Waals surface area contributed by atoms with Gasteiger partial charge >= 0.3 is 0 Å². The highest BCUT2D eigenvalue weighted by molar-refractivity contribution is 5.79. The van der Waals surface area contributed by atoms with E-state index in [0.717, 1.165) is 42.9 Å². The third-order valence-corrected chi connectivity index (χ3v) is 6.16. The van der Waals surface area contributed by atoms with Crippen LogP contribution in [0, 0.1) is 11.7 Å². The lowest BCUT2D eigenvalue weighted by Gasteiger charge is -2.32. The van der Waals surface area contributed by atoms with E-state index in [-0.39, 0.29) is 29.4 Å². The van der Waals surface area contributed by atoms with Crippen molar-refractivity contribution in [1.82, 2.24) is 15.2 Å². The summed E-state index contributed by atoms with van der Waals surface area (Å²) in [5.74, 6) is 0.617. The summed E-state index contributed by atoms with van der Waals surface area (Å²) in [5, 5.41) is 3.21. The molecule has 1 aliphatic heterocycles. The minimum Gasteiger partial charge on any atom is -0.497 e. The number of rotatable bonds is 9. The molecule has 34 heavy (non-hydrogen) atoms. The highest BCUT2D eigenvalue weighted by Gasteiger charge is 2.28. The molecule has 2 aromatic carbocycles. The van der Waals surface area contributed by atoms with E-state index >= 15 is 0 Å². The maximum atomic E-state index is 13.7. The number of hydrogen-bond donors (Lipinski definition) is 1. The van der Waals surface area contributed by atoms with Crippen molar-refractivity contribution >= 4 is 5.91 Å². The second kappa shape index (κ2) is 11.6. The van der Waals surface area contributed by atoms with Crippen molar-refractivity contribution in [1.29, 1.82) is 0 Å². The summed E-state index contributed by atoms with van der Waals surface area (Å²) in [7, 11) is 1.63. The summed E-state index contributed by atoms with van der Waals surface area (Å²) >= 11 is 0. The van der Waals surface area contributed by atoms with Gasteiger partial charge in [-0.2, -0.15) is 0 Å². The molecule has 7 heteroatoms. The molecule has 178 valence electrons. The lowest BCUT2D eigenvalue weighted by Crippen LogP contribution is -2.43. The van der Waals surface area contributed by atoms with E-state index in [9.17, 15) is 9.18 Å². The lowest BCUT2D eigenvalue weighted by atomic mass is 9.94. The van der Waals surface area contributed by atoms with Crippen LogP contribution in [-0.4, -0.2) is 49.1 Å². The monoisotopic (exact) mass is 463 g/mol. The molecule has 2 heterocycles. The summed E-state index contributed by atoms with van der Waals surface area (Å²) < 4.78 is 24.6. The molecule has 1 saturated heterocycles. The van der Waals surface area contributed by atoms with Gasteiger partial charge in [0, 0.05) is 18.7 Å². The number of ether oxygens (including phenoxy) is 2. The van der Waals surface area contributed by atoms with E-state index < -0.39 is 0 Å². The van der Waals surface area contributed by atoms with Crippen LogP contribution in [0.25, 0.3) is 0 Å². The number of carbonyl (C=O) groups excluding carboxylic acids is 1. The zero-order valence-corrected chi connectivity index (χ0v) is 19.3. The molecule has 1 aliphatic rings. The normalized spacial score (nSPS) is 15.5. The first-order valence-electron chi connectivity index (χ1n) is 11.6. The number of aromatic nitrogens is 1. The van der Waals surface area contributed by atoms with Crippen molar-refractivity contribution in [3.05, 3.63) is 90.0 Å². The van der Waals surface area contributed by atoms with E-state index in [0.29, 0.717) is 13.2 Å². The van der Waals surface area contributed by atoms with Crippen molar-refractivity contribution in [3.8, 4) is 11.5 Å². The first-order chi connectivity index (χ1) is 16.6.